The molecule has 0 aliphatic rings. The second kappa shape index (κ2) is 3.17. The Kier molecular flexibility index (Phi) is 2.22. The summed E-state index contributed by atoms with van der Waals surface area (Å²) in [4.78, 5) is 3.90. The quantitative estimate of drug-likeness (QED) is 0.657. The van der Waals surface area contributed by atoms with Crippen molar-refractivity contribution < 1.29 is 9.26 Å². The van der Waals surface area contributed by atoms with Gasteiger partial charge in [-0.1, -0.05) is 5.16 Å². The predicted molar refractivity (Wildman–Crippen MR) is 34.6 cm³/mol. The van der Waals surface area contributed by atoms with Crippen LogP contribution in [0, 0.1) is 0 Å². The largest absolute Gasteiger partial charge is 0.377 e. The van der Waals surface area contributed by atoms with Crippen molar-refractivity contribution in [1.29, 1.82) is 0 Å². The highest BCUT2D eigenvalue weighted by Crippen LogP contribution is 2.01. The Hall–Kier alpha value is -1.10. The molecule has 0 saturated heterocycles. The van der Waals surface area contributed by atoms with Gasteiger partial charge >= 0.3 is 6.01 Å². The molecule has 5 nitrogen and oxygen atoms in total. The molecule has 0 spiro atoms. The summed E-state index contributed by atoms with van der Waals surface area (Å²) in [7, 11) is 3.29. The Bertz CT molecular complexity index is 199. The number of rotatable bonds is 3. The van der Waals surface area contributed by atoms with Gasteiger partial charge in [0.2, 0.25) is 0 Å². The lowest BCUT2D eigenvalue weighted by molar-refractivity contribution is 0.174. The van der Waals surface area contributed by atoms with Crippen LogP contribution < -0.4 is 5.32 Å². The van der Waals surface area contributed by atoms with Crippen molar-refractivity contribution in [2.24, 2.45) is 0 Å². The highest BCUT2D eigenvalue weighted by molar-refractivity contribution is 5.15. The van der Waals surface area contributed by atoms with Gasteiger partial charge in [0.1, 0.15) is 6.61 Å². The lowest BCUT2D eigenvalue weighted by Crippen LogP contribution is -1.91. The normalized spacial score (nSPS) is 9.80. The van der Waals surface area contributed by atoms with E-state index >= 15 is 0 Å². The molecule has 0 aliphatic carbocycles. The molecular weight excluding hydrogens is 134 g/mol. The molecule has 1 heterocycles. The number of hydrogen-bond donors (Lipinski definition) is 1. The van der Waals surface area contributed by atoms with E-state index in [0.29, 0.717) is 18.4 Å². The van der Waals surface area contributed by atoms with E-state index in [9.17, 15) is 0 Å². The summed E-state index contributed by atoms with van der Waals surface area (Å²) >= 11 is 0. The van der Waals surface area contributed by atoms with E-state index in [2.05, 4.69) is 15.5 Å². The Balaban J connectivity index is 2.59. The number of hydrogen-bond acceptors (Lipinski definition) is 5. The van der Waals surface area contributed by atoms with Crippen LogP contribution in [-0.2, 0) is 11.3 Å². The van der Waals surface area contributed by atoms with Gasteiger partial charge in [-0.05, 0) is 0 Å². The molecule has 0 bridgehead atoms. The number of aromatic nitrogens is 2. The standard InChI is InChI=1S/C5H9N3O2/c1-6-5-7-4(3-9-2)8-10-5/h3H2,1-2H3,(H,6,7,8). The molecular formula is C5H9N3O2. The zero-order valence-electron chi connectivity index (χ0n) is 5.92. The zero-order chi connectivity index (χ0) is 7.40. The fraction of sp³-hybridized carbons (Fsp3) is 0.600. The maximum absolute atomic E-state index is 4.77. The molecule has 1 aromatic heterocycles. The minimum atomic E-state index is 0.380. The molecule has 5 heteroatoms. The van der Waals surface area contributed by atoms with E-state index in [1.807, 2.05) is 0 Å². The first kappa shape index (κ1) is 7.01. The van der Waals surface area contributed by atoms with Crippen molar-refractivity contribution >= 4 is 6.01 Å². The van der Waals surface area contributed by atoms with Crippen LogP contribution in [0.2, 0.25) is 0 Å². The topological polar surface area (TPSA) is 60.2 Å². The van der Waals surface area contributed by atoms with Crippen molar-refractivity contribution in [2.45, 2.75) is 6.61 Å². The first-order valence-electron chi connectivity index (χ1n) is 2.86. The van der Waals surface area contributed by atoms with Gasteiger partial charge in [-0.3, -0.25) is 0 Å². The molecule has 0 fully saturated rings. The summed E-state index contributed by atoms with van der Waals surface area (Å²) in [6, 6.07) is 0.409. The van der Waals surface area contributed by atoms with Gasteiger partial charge in [-0.15, -0.1) is 0 Å². The second-order valence-electron chi connectivity index (χ2n) is 1.70. The van der Waals surface area contributed by atoms with Gasteiger partial charge < -0.3 is 14.6 Å². The van der Waals surface area contributed by atoms with Crippen LogP contribution >= 0.6 is 0 Å². The molecule has 0 saturated carbocycles. The van der Waals surface area contributed by atoms with E-state index < -0.39 is 0 Å². The summed E-state index contributed by atoms with van der Waals surface area (Å²) in [6.07, 6.45) is 0. The maximum atomic E-state index is 4.77. The van der Waals surface area contributed by atoms with Crippen LogP contribution in [-0.4, -0.2) is 24.3 Å². The monoisotopic (exact) mass is 143 g/mol. The number of ether oxygens (including phenoxy) is 1. The molecule has 1 N–H and O–H groups in total. The molecule has 0 atom stereocenters. The average molecular weight is 143 g/mol. The molecule has 1 rings (SSSR count). The number of nitrogens with one attached hydrogen (secondary N) is 1. The highest BCUT2D eigenvalue weighted by Gasteiger charge is 2.01. The molecule has 0 radical (unpaired) electrons. The van der Waals surface area contributed by atoms with Gasteiger partial charge in [-0.25, -0.2) is 0 Å². The summed E-state index contributed by atoms with van der Waals surface area (Å²) in [5.74, 6) is 0.548. The lowest BCUT2D eigenvalue weighted by atomic mass is 10.7. The highest BCUT2D eigenvalue weighted by atomic mass is 16.5. The summed E-state index contributed by atoms with van der Waals surface area (Å²) < 4.78 is 9.49. The second-order valence-corrected chi connectivity index (χ2v) is 1.70. The minimum Gasteiger partial charge on any atom is -0.377 e. The number of anilines is 1. The van der Waals surface area contributed by atoms with Gasteiger partial charge in [0, 0.05) is 14.2 Å². The van der Waals surface area contributed by atoms with Crippen molar-refractivity contribution in [1.82, 2.24) is 10.1 Å². The third-order valence-corrected chi connectivity index (χ3v) is 0.955. The molecule has 0 amide bonds. The van der Waals surface area contributed by atoms with E-state index in [1.165, 1.54) is 0 Å². The van der Waals surface area contributed by atoms with Crippen molar-refractivity contribution in [3.8, 4) is 0 Å². The van der Waals surface area contributed by atoms with Gasteiger partial charge in [0.25, 0.3) is 0 Å². The SMILES string of the molecule is CNc1nc(COC)no1. The first-order valence-corrected chi connectivity index (χ1v) is 2.86. The van der Waals surface area contributed by atoms with Crippen LogP contribution in [0.25, 0.3) is 0 Å². The lowest BCUT2D eigenvalue weighted by Gasteiger charge is -1.86. The average Bonchev–Trinajstić information content (AvgIpc) is 2.37. The zero-order valence-corrected chi connectivity index (χ0v) is 5.92. The Morgan fingerprint density at radius 2 is 2.50 bits per heavy atom. The van der Waals surface area contributed by atoms with Gasteiger partial charge in [0.05, 0.1) is 0 Å². The third kappa shape index (κ3) is 1.44. The number of methoxy groups -OCH3 is 1. The van der Waals surface area contributed by atoms with Crippen LogP contribution in [0.1, 0.15) is 5.82 Å². The summed E-state index contributed by atoms with van der Waals surface area (Å²) in [6.45, 7) is 0.380. The third-order valence-electron chi connectivity index (χ3n) is 0.955. The molecule has 0 aliphatic heterocycles. The van der Waals surface area contributed by atoms with Crippen molar-refractivity contribution in [3.05, 3.63) is 5.82 Å². The molecule has 56 valence electrons. The first-order chi connectivity index (χ1) is 4.86. The van der Waals surface area contributed by atoms with E-state index in [-0.39, 0.29) is 0 Å². The molecule has 0 aromatic carbocycles. The van der Waals surface area contributed by atoms with E-state index in [4.69, 9.17) is 9.26 Å². The van der Waals surface area contributed by atoms with Gasteiger partial charge in [0.15, 0.2) is 5.82 Å². The van der Waals surface area contributed by atoms with Crippen molar-refractivity contribution in [3.63, 3.8) is 0 Å². The molecule has 1 aromatic rings. The van der Waals surface area contributed by atoms with Crippen molar-refractivity contribution in [2.75, 3.05) is 19.5 Å². The summed E-state index contributed by atoms with van der Waals surface area (Å²) in [5.41, 5.74) is 0. The van der Waals surface area contributed by atoms with Crippen LogP contribution in [0.3, 0.4) is 0 Å². The fourth-order valence-corrected chi connectivity index (χ4v) is 0.543. The predicted octanol–water partition coefficient (Wildman–Crippen LogP) is 0.258. The van der Waals surface area contributed by atoms with Crippen LogP contribution in [0.5, 0.6) is 0 Å². The van der Waals surface area contributed by atoms with Crippen LogP contribution in [0.4, 0.5) is 6.01 Å². The molecule has 0 unspecified atom stereocenters. The van der Waals surface area contributed by atoms with E-state index in [1.54, 1.807) is 14.2 Å². The Morgan fingerprint density at radius 3 is 3.00 bits per heavy atom. The molecule has 10 heavy (non-hydrogen) atoms. The number of nitrogens with zero attached hydrogens (tertiary/aromatic N) is 2. The smallest absolute Gasteiger partial charge is 0.321 e. The minimum absolute atomic E-state index is 0.380. The Labute approximate surface area is 58.4 Å². The maximum Gasteiger partial charge on any atom is 0.321 e. The van der Waals surface area contributed by atoms with Gasteiger partial charge in [-0.2, -0.15) is 4.98 Å². The Morgan fingerprint density at radius 1 is 1.70 bits per heavy atom. The summed E-state index contributed by atoms with van der Waals surface area (Å²) in [5, 5.41) is 6.31. The van der Waals surface area contributed by atoms with Crippen LogP contribution in [0.15, 0.2) is 4.52 Å². The van der Waals surface area contributed by atoms with E-state index in [0.717, 1.165) is 0 Å². The fourth-order valence-electron chi connectivity index (χ4n) is 0.543.